The van der Waals surface area contributed by atoms with Crippen LogP contribution in [0, 0.1) is 6.92 Å². The SMILES string of the molecule is COc1ccc(NC(=O)COc2ccc(C(=O)Nc3c(C)cccc3C(C)C)cc2OC)cc1. The van der Waals surface area contributed by atoms with Crippen molar-refractivity contribution < 1.29 is 23.8 Å². The number of hydrogen-bond acceptors (Lipinski definition) is 5. The number of anilines is 2. The average Bonchev–Trinajstić information content (AvgIpc) is 2.84. The maximum atomic E-state index is 13.0. The molecule has 0 heterocycles. The Morgan fingerprint density at radius 2 is 1.62 bits per heavy atom. The van der Waals surface area contributed by atoms with Gasteiger partial charge in [-0.25, -0.2) is 0 Å². The Balaban J connectivity index is 1.67. The highest BCUT2D eigenvalue weighted by Crippen LogP contribution is 2.31. The fraction of sp³-hybridized carbons (Fsp3) is 0.259. The zero-order chi connectivity index (χ0) is 24.7. The minimum Gasteiger partial charge on any atom is -0.497 e. The first-order chi connectivity index (χ1) is 16.3. The van der Waals surface area contributed by atoms with Crippen LogP contribution in [0.1, 0.15) is 41.3 Å². The summed E-state index contributed by atoms with van der Waals surface area (Å²) in [5.74, 6) is 1.12. The second kappa shape index (κ2) is 11.2. The van der Waals surface area contributed by atoms with Crippen LogP contribution < -0.4 is 24.8 Å². The Labute approximate surface area is 200 Å². The van der Waals surface area contributed by atoms with Crippen LogP contribution in [0.25, 0.3) is 0 Å². The summed E-state index contributed by atoms with van der Waals surface area (Å²) in [6.45, 7) is 5.93. The van der Waals surface area contributed by atoms with Gasteiger partial charge in [0, 0.05) is 16.9 Å². The summed E-state index contributed by atoms with van der Waals surface area (Å²) < 4.78 is 16.1. The molecule has 0 aliphatic carbocycles. The van der Waals surface area contributed by atoms with E-state index in [-0.39, 0.29) is 24.3 Å². The lowest BCUT2D eigenvalue weighted by molar-refractivity contribution is -0.118. The number of amides is 2. The highest BCUT2D eigenvalue weighted by molar-refractivity contribution is 6.05. The molecule has 2 N–H and O–H groups in total. The molecule has 0 spiro atoms. The summed E-state index contributed by atoms with van der Waals surface area (Å²) in [5.41, 5.74) is 3.93. The average molecular weight is 463 g/mol. The van der Waals surface area contributed by atoms with Crippen molar-refractivity contribution in [2.45, 2.75) is 26.7 Å². The van der Waals surface area contributed by atoms with Crippen LogP contribution in [0.2, 0.25) is 0 Å². The van der Waals surface area contributed by atoms with Gasteiger partial charge in [-0.3, -0.25) is 9.59 Å². The quantitative estimate of drug-likeness (QED) is 0.444. The monoisotopic (exact) mass is 462 g/mol. The van der Waals surface area contributed by atoms with Crippen LogP contribution in [0.15, 0.2) is 60.7 Å². The summed E-state index contributed by atoms with van der Waals surface area (Å²) in [7, 11) is 3.06. The van der Waals surface area contributed by atoms with Gasteiger partial charge >= 0.3 is 0 Å². The highest BCUT2D eigenvalue weighted by Gasteiger charge is 2.16. The first kappa shape index (κ1) is 24.6. The standard InChI is InChI=1S/C27H30N2O5/c1-17(2)22-8-6-7-18(3)26(22)29-27(31)19-9-14-23(24(15-19)33-5)34-16-25(30)28-20-10-12-21(32-4)13-11-20/h6-15,17H,16H2,1-5H3,(H,28,30)(H,29,31). The van der Waals surface area contributed by atoms with Crippen molar-refractivity contribution in [3.05, 3.63) is 77.4 Å². The van der Waals surface area contributed by atoms with Crippen LogP contribution in [-0.2, 0) is 4.79 Å². The highest BCUT2D eigenvalue weighted by atomic mass is 16.5. The van der Waals surface area contributed by atoms with Crippen LogP contribution in [0.3, 0.4) is 0 Å². The lowest BCUT2D eigenvalue weighted by Crippen LogP contribution is -2.20. The van der Waals surface area contributed by atoms with Crippen molar-refractivity contribution >= 4 is 23.2 Å². The van der Waals surface area contributed by atoms with Crippen molar-refractivity contribution in [1.82, 2.24) is 0 Å². The van der Waals surface area contributed by atoms with Gasteiger partial charge in [-0.1, -0.05) is 32.0 Å². The van der Waals surface area contributed by atoms with E-state index in [0.29, 0.717) is 28.5 Å². The first-order valence-electron chi connectivity index (χ1n) is 11.0. The lowest BCUT2D eigenvalue weighted by atomic mass is 9.98. The molecule has 0 radical (unpaired) electrons. The Hall–Kier alpha value is -4.00. The molecule has 0 aromatic heterocycles. The van der Waals surface area contributed by atoms with E-state index >= 15 is 0 Å². The number of carbonyl (C=O) groups excluding carboxylic acids is 2. The van der Waals surface area contributed by atoms with E-state index in [0.717, 1.165) is 16.8 Å². The van der Waals surface area contributed by atoms with Crippen LogP contribution in [0.5, 0.6) is 17.2 Å². The van der Waals surface area contributed by atoms with Gasteiger partial charge in [0.15, 0.2) is 18.1 Å². The van der Waals surface area contributed by atoms with Gasteiger partial charge in [0.1, 0.15) is 5.75 Å². The largest absolute Gasteiger partial charge is 0.497 e. The molecular weight excluding hydrogens is 432 g/mol. The molecule has 0 aliphatic rings. The van der Waals surface area contributed by atoms with E-state index in [4.69, 9.17) is 14.2 Å². The summed E-state index contributed by atoms with van der Waals surface area (Å²) in [5, 5.41) is 5.78. The topological polar surface area (TPSA) is 85.9 Å². The van der Waals surface area contributed by atoms with E-state index in [9.17, 15) is 9.59 Å². The number of hydrogen-bond donors (Lipinski definition) is 2. The normalized spacial score (nSPS) is 10.5. The number of rotatable bonds is 9. The zero-order valence-corrected chi connectivity index (χ0v) is 20.1. The zero-order valence-electron chi connectivity index (χ0n) is 20.1. The molecule has 0 saturated carbocycles. The molecule has 0 aliphatic heterocycles. The number of aryl methyl sites for hydroxylation is 1. The smallest absolute Gasteiger partial charge is 0.262 e. The number of methoxy groups -OCH3 is 2. The van der Waals surface area contributed by atoms with Crippen molar-refractivity contribution in [2.24, 2.45) is 0 Å². The second-order valence-corrected chi connectivity index (χ2v) is 8.08. The molecule has 0 atom stereocenters. The molecule has 3 aromatic carbocycles. The molecule has 0 bridgehead atoms. The molecule has 7 heteroatoms. The maximum absolute atomic E-state index is 13.0. The molecule has 3 aromatic rings. The molecule has 2 amide bonds. The van der Waals surface area contributed by atoms with Crippen LogP contribution in [-0.4, -0.2) is 32.6 Å². The Morgan fingerprint density at radius 3 is 2.26 bits per heavy atom. The lowest BCUT2D eigenvalue weighted by Gasteiger charge is -2.17. The third kappa shape index (κ3) is 6.07. The Kier molecular flexibility index (Phi) is 8.14. The third-order valence-corrected chi connectivity index (χ3v) is 5.32. The fourth-order valence-electron chi connectivity index (χ4n) is 3.47. The minimum atomic E-state index is -0.324. The van der Waals surface area contributed by atoms with Crippen molar-refractivity contribution in [3.8, 4) is 17.2 Å². The van der Waals surface area contributed by atoms with E-state index in [1.165, 1.54) is 7.11 Å². The number of nitrogens with one attached hydrogen (secondary N) is 2. The van der Waals surface area contributed by atoms with Crippen LogP contribution in [0.4, 0.5) is 11.4 Å². The van der Waals surface area contributed by atoms with E-state index in [1.54, 1.807) is 49.6 Å². The maximum Gasteiger partial charge on any atom is 0.262 e. The van der Waals surface area contributed by atoms with Gasteiger partial charge in [-0.05, 0) is 66.4 Å². The first-order valence-corrected chi connectivity index (χ1v) is 11.0. The number of ether oxygens (including phenoxy) is 3. The molecule has 0 unspecified atom stereocenters. The van der Waals surface area contributed by atoms with Gasteiger partial charge in [-0.2, -0.15) is 0 Å². The van der Waals surface area contributed by atoms with Gasteiger partial charge < -0.3 is 24.8 Å². The number of benzene rings is 3. The van der Waals surface area contributed by atoms with Gasteiger partial charge in [-0.15, -0.1) is 0 Å². The fourth-order valence-corrected chi connectivity index (χ4v) is 3.47. The summed E-state index contributed by atoms with van der Waals surface area (Å²) in [6.07, 6.45) is 0. The van der Waals surface area contributed by atoms with Gasteiger partial charge in [0.25, 0.3) is 11.8 Å². The molecule has 0 fully saturated rings. The predicted octanol–water partition coefficient (Wildman–Crippen LogP) is 5.41. The Morgan fingerprint density at radius 1 is 0.882 bits per heavy atom. The summed E-state index contributed by atoms with van der Waals surface area (Å²) >= 11 is 0. The molecule has 178 valence electrons. The minimum absolute atomic E-state index is 0.213. The van der Waals surface area contributed by atoms with Gasteiger partial charge in [0.2, 0.25) is 0 Å². The molecular formula is C27H30N2O5. The van der Waals surface area contributed by atoms with Crippen molar-refractivity contribution in [3.63, 3.8) is 0 Å². The predicted molar refractivity (Wildman–Crippen MR) is 133 cm³/mol. The molecule has 7 nitrogen and oxygen atoms in total. The third-order valence-electron chi connectivity index (χ3n) is 5.32. The molecule has 0 saturated heterocycles. The number of carbonyl (C=O) groups is 2. The summed E-state index contributed by atoms with van der Waals surface area (Å²) in [4.78, 5) is 25.2. The second-order valence-electron chi connectivity index (χ2n) is 8.08. The van der Waals surface area contributed by atoms with Gasteiger partial charge in [0.05, 0.1) is 14.2 Å². The molecule has 34 heavy (non-hydrogen) atoms. The Bertz CT molecular complexity index is 1160. The van der Waals surface area contributed by atoms with E-state index in [2.05, 4.69) is 24.5 Å². The van der Waals surface area contributed by atoms with Crippen molar-refractivity contribution in [2.75, 3.05) is 31.5 Å². The van der Waals surface area contributed by atoms with E-state index in [1.807, 2.05) is 25.1 Å². The van der Waals surface area contributed by atoms with Crippen molar-refractivity contribution in [1.29, 1.82) is 0 Å². The van der Waals surface area contributed by atoms with Crippen LogP contribution >= 0.6 is 0 Å². The van der Waals surface area contributed by atoms with E-state index < -0.39 is 0 Å². The molecule has 3 rings (SSSR count). The number of para-hydroxylation sites is 1. The summed E-state index contributed by atoms with van der Waals surface area (Å²) in [6, 6.07) is 17.8.